The third-order valence-corrected chi connectivity index (χ3v) is 2.47. The number of imidazole rings is 1. The first-order chi connectivity index (χ1) is 6.31. The molecule has 1 atom stereocenters. The summed E-state index contributed by atoms with van der Waals surface area (Å²) in [5.74, 6) is 1.18. The van der Waals surface area contributed by atoms with Gasteiger partial charge in [0.15, 0.2) is 0 Å². The van der Waals surface area contributed by atoms with Crippen LogP contribution in [0.3, 0.4) is 0 Å². The van der Waals surface area contributed by atoms with Crippen LogP contribution in [0.1, 0.15) is 26.1 Å². The van der Waals surface area contributed by atoms with Crippen LogP contribution in [0.2, 0.25) is 0 Å². The number of nitrogens with one attached hydrogen (secondary N) is 1. The van der Waals surface area contributed by atoms with Gasteiger partial charge in [-0.2, -0.15) is 0 Å². The second-order valence-corrected chi connectivity index (χ2v) is 3.23. The normalized spacial score (nSPS) is 13.2. The second-order valence-electron chi connectivity index (χ2n) is 3.23. The summed E-state index contributed by atoms with van der Waals surface area (Å²) in [4.78, 5) is 4.35. The molecule has 0 saturated heterocycles. The van der Waals surface area contributed by atoms with Crippen molar-refractivity contribution in [2.75, 3.05) is 7.05 Å². The molecule has 0 aromatic carbocycles. The lowest BCUT2D eigenvalue weighted by atomic mass is 10.1. The molecular weight excluding hydrogens is 162 g/mol. The zero-order chi connectivity index (χ0) is 9.68. The minimum Gasteiger partial charge on any atom is -0.335 e. The van der Waals surface area contributed by atoms with Gasteiger partial charge >= 0.3 is 0 Å². The highest BCUT2D eigenvalue weighted by Gasteiger charge is 2.08. The van der Waals surface area contributed by atoms with E-state index in [1.165, 1.54) is 5.82 Å². The number of hydrogen-bond acceptors (Lipinski definition) is 2. The number of hydrogen-bond donors (Lipinski definition) is 1. The van der Waals surface area contributed by atoms with Crippen LogP contribution >= 0.6 is 0 Å². The number of aromatic nitrogens is 2. The van der Waals surface area contributed by atoms with Gasteiger partial charge in [-0.3, -0.25) is 0 Å². The first kappa shape index (κ1) is 10.3. The van der Waals surface area contributed by atoms with Gasteiger partial charge in [0.1, 0.15) is 5.82 Å². The minimum absolute atomic E-state index is 0.549. The molecule has 0 saturated carbocycles. The van der Waals surface area contributed by atoms with E-state index >= 15 is 0 Å². The summed E-state index contributed by atoms with van der Waals surface area (Å²) in [6.07, 6.45) is 6.08. The lowest BCUT2D eigenvalue weighted by molar-refractivity contribution is 0.516. The highest BCUT2D eigenvalue weighted by molar-refractivity contribution is 4.95. The Morgan fingerprint density at radius 3 is 2.85 bits per heavy atom. The maximum Gasteiger partial charge on any atom is 0.110 e. The molecule has 1 aromatic heterocycles. The fourth-order valence-corrected chi connectivity index (χ4v) is 1.49. The molecule has 1 aromatic rings. The molecule has 13 heavy (non-hydrogen) atoms. The van der Waals surface area contributed by atoms with Crippen molar-refractivity contribution in [3.05, 3.63) is 18.2 Å². The fraction of sp³-hybridized carbons (Fsp3) is 0.700. The lowest BCUT2D eigenvalue weighted by Gasteiger charge is -2.13. The topological polar surface area (TPSA) is 29.9 Å². The summed E-state index contributed by atoms with van der Waals surface area (Å²) in [6, 6.07) is 0.549. The molecule has 0 amide bonds. The SMILES string of the molecule is CCC(Cc1nccn1CC)NC. The van der Waals surface area contributed by atoms with Crippen LogP contribution in [-0.4, -0.2) is 22.6 Å². The van der Waals surface area contributed by atoms with E-state index < -0.39 is 0 Å². The van der Waals surface area contributed by atoms with Gasteiger partial charge in [-0.1, -0.05) is 6.92 Å². The van der Waals surface area contributed by atoms with E-state index in [4.69, 9.17) is 0 Å². The van der Waals surface area contributed by atoms with Crippen LogP contribution in [0.15, 0.2) is 12.4 Å². The molecule has 1 unspecified atom stereocenters. The Morgan fingerprint density at radius 2 is 2.31 bits per heavy atom. The van der Waals surface area contributed by atoms with Crippen molar-refractivity contribution in [3.63, 3.8) is 0 Å². The van der Waals surface area contributed by atoms with Crippen molar-refractivity contribution in [2.24, 2.45) is 0 Å². The van der Waals surface area contributed by atoms with Crippen molar-refractivity contribution in [1.82, 2.24) is 14.9 Å². The smallest absolute Gasteiger partial charge is 0.110 e. The van der Waals surface area contributed by atoms with E-state index in [9.17, 15) is 0 Å². The third-order valence-electron chi connectivity index (χ3n) is 2.47. The van der Waals surface area contributed by atoms with E-state index in [1.807, 2.05) is 19.4 Å². The van der Waals surface area contributed by atoms with Gasteiger partial charge in [0.05, 0.1) is 0 Å². The van der Waals surface area contributed by atoms with E-state index in [0.717, 1.165) is 19.4 Å². The number of aryl methyl sites for hydroxylation is 1. The molecule has 3 heteroatoms. The highest BCUT2D eigenvalue weighted by atomic mass is 15.1. The quantitative estimate of drug-likeness (QED) is 0.745. The molecule has 3 nitrogen and oxygen atoms in total. The van der Waals surface area contributed by atoms with Crippen molar-refractivity contribution >= 4 is 0 Å². The highest BCUT2D eigenvalue weighted by Crippen LogP contribution is 2.03. The van der Waals surface area contributed by atoms with Gasteiger partial charge in [0.2, 0.25) is 0 Å². The number of rotatable bonds is 5. The lowest BCUT2D eigenvalue weighted by Crippen LogP contribution is -2.27. The van der Waals surface area contributed by atoms with Gasteiger partial charge in [-0.05, 0) is 20.4 Å². The Hall–Kier alpha value is -0.830. The van der Waals surface area contributed by atoms with E-state index in [2.05, 4.69) is 28.7 Å². The first-order valence-electron chi connectivity index (χ1n) is 4.99. The Kier molecular flexibility index (Phi) is 3.96. The molecule has 1 rings (SSSR count). The van der Waals surface area contributed by atoms with E-state index in [-0.39, 0.29) is 0 Å². The molecule has 0 bridgehead atoms. The molecule has 0 aliphatic heterocycles. The Morgan fingerprint density at radius 1 is 1.54 bits per heavy atom. The second kappa shape index (κ2) is 5.02. The minimum atomic E-state index is 0.549. The van der Waals surface area contributed by atoms with Gasteiger partial charge < -0.3 is 9.88 Å². The standard InChI is InChI=1S/C10H19N3/c1-4-9(11-3)8-10-12-6-7-13(10)5-2/h6-7,9,11H,4-5,8H2,1-3H3. The Labute approximate surface area is 80.2 Å². The van der Waals surface area contributed by atoms with Crippen LogP contribution in [-0.2, 0) is 13.0 Å². The molecular formula is C10H19N3. The molecule has 0 spiro atoms. The monoisotopic (exact) mass is 181 g/mol. The molecule has 0 radical (unpaired) electrons. The average molecular weight is 181 g/mol. The van der Waals surface area contributed by atoms with Crippen LogP contribution in [0.25, 0.3) is 0 Å². The molecule has 74 valence electrons. The van der Waals surface area contributed by atoms with Crippen molar-refractivity contribution in [2.45, 2.75) is 39.3 Å². The zero-order valence-electron chi connectivity index (χ0n) is 8.75. The summed E-state index contributed by atoms with van der Waals surface area (Å²) in [6.45, 7) is 5.35. The van der Waals surface area contributed by atoms with Crippen molar-refractivity contribution in [1.29, 1.82) is 0 Å². The average Bonchev–Trinajstić information content (AvgIpc) is 2.61. The molecule has 0 fully saturated rings. The fourth-order valence-electron chi connectivity index (χ4n) is 1.49. The van der Waals surface area contributed by atoms with Crippen LogP contribution in [0, 0.1) is 0 Å². The van der Waals surface area contributed by atoms with Crippen molar-refractivity contribution in [3.8, 4) is 0 Å². The zero-order valence-corrected chi connectivity index (χ0v) is 8.75. The predicted molar refractivity (Wildman–Crippen MR) is 54.7 cm³/mol. The van der Waals surface area contributed by atoms with Crippen LogP contribution in [0.4, 0.5) is 0 Å². The molecule has 1 N–H and O–H groups in total. The third kappa shape index (κ3) is 2.56. The summed E-state index contributed by atoms with van der Waals surface area (Å²) < 4.78 is 2.19. The van der Waals surface area contributed by atoms with Crippen molar-refractivity contribution < 1.29 is 0 Å². The Balaban J connectivity index is 2.61. The van der Waals surface area contributed by atoms with Gasteiger partial charge in [0.25, 0.3) is 0 Å². The first-order valence-corrected chi connectivity index (χ1v) is 4.99. The summed E-state index contributed by atoms with van der Waals surface area (Å²) in [5.41, 5.74) is 0. The van der Waals surface area contributed by atoms with E-state index in [1.54, 1.807) is 0 Å². The van der Waals surface area contributed by atoms with Gasteiger partial charge in [-0.15, -0.1) is 0 Å². The maximum atomic E-state index is 4.35. The van der Waals surface area contributed by atoms with Crippen LogP contribution < -0.4 is 5.32 Å². The molecule has 1 heterocycles. The Bertz CT molecular complexity index is 238. The maximum absolute atomic E-state index is 4.35. The molecule has 0 aliphatic carbocycles. The van der Waals surface area contributed by atoms with Gasteiger partial charge in [-0.25, -0.2) is 4.98 Å². The van der Waals surface area contributed by atoms with Crippen LogP contribution in [0.5, 0.6) is 0 Å². The number of nitrogens with zero attached hydrogens (tertiary/aromatic N) is 2. The van der Waals surface area contributed by atoms with E-state index in [0.29, 0.717) is 6.04 Å². The molecule has 0 aliphatic rings. The summed E-state index contributed by atoms with van der Waals surface area (Å²) >= 11 is 0. The largest absolute Gasteiger partial charge is 0.335 e. The predicted octanol–water partition coefficient (Wildman–Crippen LogP) is 1.44. The van der Waals surface area contributed by atoms with Gasteiger partial charge in [0, 0.05) is 31.4 Å². The summed E-state index contributed by atoms with van der Waals surface area (Å²) in [5, 5.41) is 3.29. The summed E-state index contributed by atoms with van der Waals surface area (Å²) in [7, 11) is 2.01. The number of likely N-dealkylation sites (N-methyl/N-ethyl adjacent to an activating group) is 1.